The van der Waals surface area contributed by atoms with E-state index in [9.17, 15) is 4.79 Å². The van der Waals surface area contributed by atoms with Gasteiger partial charge in [0.1, 0.15) is 10.3 Å². The molecule has 2 N–H and O–H groups in total. The third kappa shape index (κ3) is 1.48. The molecule has 0 aliphatic carbocycles. The Balaban J connectivity index is 2.77. The lowest BCUT2D eigenvalue weighted by atomic mass is 10.4. The van der Waals surface area contributed by atoms with Crippen molar-refractivity contribution in [1.82, 2.24) is 4.98 Å². The van der Waals surface area contributed by atoms with Crippen molar-refractivity contribution in [3.8, 4) is 0 Å². The van der Waals surface area contributed by atoms with E-state index in [1.165, 1.54) is 11.3 Å². The van der Waals surface area contributed by atoms with Crippen LogP contribution in [0, 0.1) is 0 Å². The predicted molar refractivity (Wildman–Crippen MR) is 43.0 cm³/mol. The van der Waals surface area contributed by atoms with Crippen molar-refractivity contribution in [2.45, 2.75) is 5.25 Å². The van der Waals surface area contributed by atoms with Gasteiger partial charge in [-0.2, -0.15) is 12.6 Å². The summed E-state index contributed by atoms with van der Waals surface area (Å²) < 4.78 is 0. The van der Waals surface area contributed by atoms with Gasteiger partial charge in [-0.05, 0) is 0 Å². The van der Waals surface area contributed by atoms with E-state index in [-0.39, 0.29) is 0 Å². The van der Waals surface area contributed by atoms with Gasteiger partial charge in [0.15, 0.2) is 0 Å². The van der Waals surface area contributed by atoms with Crippen LogP contribution in [-0.2, 0) is 4.79 Å². The van der Waals surface area contributed by atoms with Gasteiger partial charge in [-0.3, -0.25) is 4.79 Å². The monoisotopic (exact) mass is 174 g/mol. The number of carbonyl (C=O) groups excluding carboxylic acids is 1. The fourth-order valence-electron chi connectivity index (χ4n) is 0.491. The zero-order valence-corrected chi connectivity index (χ0v) is 6.73. The molecule has 1 amide bonds. The highest BCUT2D eigenvalue weighted by Crippen LogP contribution is 2.20. The number of nitrogens with zero attached hydrogens (tertiary/aromatic N) is 1. The molecule has 1 heterocycles. The van der Waals surface area contributed by atoms with Crippen molar-refractivity contribution < 1.29 is 4.79 Å². The molecule has 10 heavy (non-hydrogen) atoms. The van der Waals surface area contributed by atoms with E-state index in [0.717, 1.165) is 0 Å². The molecule has 0 aliphatic rings. The van der Waals surface area contributed by atoms with Crippen LogP contribution in [0.15, 0.2) is 11.6 Å². The van der Waals surface area contributed by atoms with Crippen molar-refractivity contribution in [3.05, 3.63) is 16.6 Å². The zero-order chi connectivity index (χ0) is 7.56. The predicted octanol–water partition coefficient (Wildman–Crippen LogP) is 0.599. The fourth-order valence-corrected chi connectivity index (χ4v) is 1.37. The third-order valence-corrected chi connectivity index (χ3v) is 2.47. The normalized spacial score (nSPS) is 12.9. The molecule has 0 aromatic carbocycles. The maximum Gasteiger partial charge on any atom is 0.237 e. The van der Waals surface area contributed by atoms with Crippen LogP contribution < -0.4 is 5.73 Å². The lowest BCUT2D eigenvalue weighted by Crippen LogP contribution is -2.16. The van der Waals surface area contributed by atoms with E-state index >= 15 is 0 Å². The molecule has 0 aliphatic heterocycles. The van der Waals surface area contributed by atoms with Gasteiger partial charge in [-0.1, -0.05) is 0 Å². The van der Waals surface area contributed by atoms with Crippen molar-refractivity contribution in [2.75, 3.05) is 0 Å². The smallest absolute Gasteiger partial charge is 0.237 e. The lowest BCUT2D eigenvalue weighted by molar-refractivity contribution is -0.117. The van der Waals surface area contributed by atoms with Crippen LogP contribution >= 0.6 is 24.0 Å². The first-order valence-electron chi connectivity index (χ1n) is 2.58. The van der Waals surface area contributed by atoms with E-state index in [2.05, 4.69) is 17.6 Å². The highest BCUT2D eigenvalue weighted by Gasteiger charge is 2.14. The molecule has 1 unspecified atom stereocenters. The third-order valence-electron chi connectivity index (χ3n) is 0.955. The Kier molecular flexibility index (Phi) is 2.29. The molecule has 54 valence electrons. The highest BCUT2D eigenvalue weighted by molar-refractivity contribution is 7.81. The molecule has 1 aromatic heterocycles. The first kappa shape index (κ1) is 7.56. The first-order chi connectivity index (χ1) is 4.72. The summed E-state index contributed by atoms with van der Waals surface area (Å²) in [6.07, 6.45) is 1.62. The van der Waals surface area contributed by atoms with Crippen molar-refractivity contribution >= 4 is 29.9 Å². The number of rotatable bonds is 2. The minimum Gasteiger partial charge on any atom is -0.368 e. The molecule has 5 heteroatoms. The summed E-state index contributed by atoms with van der Waals surface area (Å²) in [6, 6.07) is 0. The van der Waals surface area contributed by atoms with Crippen molar-refractivity contribution in [1.29, 1.82) is 0 Å². The van der Waals surface area contributed by atoms with Crippen LogP contribution in [0.4, 0.5) is 0 Å². The number of thiol groups is 1. The Morgan fingerprint density at radius 2 is 2.60 bits per heavy atom. The second-order valence-electron chi connectivity index (χ2n) is 1.68. The van der Waals surface area contributed by atoms with Gasteiger partial charge in [0.25, 0.3) is 0 Å². The molecular weight excluding hydrogens is 168 g/mol. The summed E-state index contributed by atoms with van der Waals surface area (Å²) >= 11 is 5.32. The fraction of sp³-hybridized carbons (Fsp3) is 0.200. The number of amides is 1. The number of aromatic nitrogens is 1. The number of carbonyl (C=O) groups is 1. The van der Waals surface area contributed by atoms with Crippen LogP contribution in [0.5, 0.6) is 0 Å². The van der Waals surface area contributed by atoms with Gasteiger partial charge >= 0.3 is 0 Å². The average molecular weight is 174 g/mol. The Hall–Kier alpha value is -0.550. The Bertz CT molecular complexity index is 222. The van der Waals surface area contributed by atoms with Gasteiger partial charge in [0.2, 0.25) is 5.91 Å². The van der Waals surface area contributed by atoms with Gasteiger partial charge < -0.3 is 5.73 Å². The average Bonchev–Trinajstić information content (AvgIpc) is 2.36. The first-order valence-corrected chi connectivity index (χ1v) is 3.98. The number of hydrogen-bond acceptors (Lipinski definition) is 4. The Morgan fingerprint density at radius 1 is 1.90 bits per heavy atom. The summed E-state index contributed by atoms with van der Waals surface area (Å²) in [6.45, 7) is 0. The van der Waals surface area contributed by atoms with Crippen LogP contribution in [0.2, 0.25) is 0 Å². The topological polar surface area (TPSA) is 56.0 Å². The van der Waals surface area contributed by atoms with Gasteiger partial charge in [0.05, 0.1) is 0 Å². The standard InChI is InChI=1S/C5H6N2OS2/c6-4(8)3(9)5-7-1-2-10-5/h1-3,9H,(H2,6,8). The molecule has 0 saturated heterocycles. The SMILES string of the molecule is NC(=O)C(S)c1nccs1. The summed E-state index contributed by atoms with van der Waals surface area (Å²) in [7, 11) is 0. The van der Waals surface area contributed by atoms with Crippen LogP contribution in [-0.4, -0.2) is 10.9 Å². The molecule has 1 aromatic rings. The molecule has 0 fully saturated rings. The van der Waals surface area contributed by atoms with Crippen LogP contribution in [0.1, 0.15) is 10.3 Å². The largest absolute Gasteiger partial charge is 0.368 e. The molecule has 0 bridgehead atoms. The van der Waals surface area contributed by atoms with E-state index in [1.807, 2.05) is 0 Å². The van der Waals surface area contributed by atoms with E-state index < -0.39 is 11.2 Å². The highest BCUT2D eigenvalue weighted by atomic mass is 32.1. The molecule has 1 rings (SSSR count). The maximum atomic E-state index is 10.5. The van der Waals surface area contributed by atoms with Gasteiger partial charge in [0, 0.05) is 11.6 Å². The summed E-state index contributed by atoms with van der Waals surface area (Å²) in [5.74, 6) is -0.460. The minimum atomic E-state index is -0.556. The molecule has 0 radical (unpaired) electrons. The second kappa shape index (κ2) is 3.03. The Morgan fingerprint density at radius 3 is 3.00 bits per heavy atom. The van der Waals surface area contributed by atoms with Gasteiger partial charge in [-0.25, -0.2) is 4.98 Å². The number of thiazole rings is 1. The van der Waals surface area contributed by atoms with Crippen LogP contribution in [0.25, 0.3) is 0 Å². The maximum absolute atomic E-state index is 10.5. The second-order valence-corrected chi connectivity index (χ2v) is 3.12. The zero-order valence-electron chi connectivity index (χ0n) is 5.02. The number of primary amides is 1. The summed E-state index contributed by atoms with van der Waals surface area (Å²) in [4.78, 5) is 14.4. The van der Waals surface area contributed by atoms with Crippen molar-refractivity contribution in [3.63, 3.8) is 0 Å². The molecule has 1 atom stereocenters. The summed E-state index contributed by atoms with van der Waals surface area (Å²) in [5, 5.41) is 1.87. The van der Waals surface area contributed by atoms with Gasteiger partial charge in [-0.15, -0.1) is 11.3 Å². The molecule has 3 nitrogen and oxygen atoms in total. The van der Waals surface area contributed by atoms with E-state index in [0.29, 0.717) is 5.01 Å². The number of hydrogen-bond donors (Lipinski definition) is 2. The quantitative estimate of drug-likeness (QED) is 0.645. The summed E-state index contributed by atoms with van der Waals surface area (Å²) in [5.41, 5.74) is 4.98. The van der Waals surface area contributed by atoms with Crippen molar-refractivity contribution in [2.24, 2.45) is 5.73 Å². The van der Waals surface area contributed by atoms with E-state index in [4.69, 9.17) is 5.73 Å². The molecule has 0 spiro atoms. The minimum absolute atomic E-state index is 0.460. The Labute approximate surface area is 67.7 Å². The number of nitrogens with two attached hydrogens (primary N) is 1. The van der Waals surface area contributed by atoms with E-state index in [1.54, 1.807) is 11.6 Å². The van der Waals surface area contributed by atoms with Crippen LogP contribution in [0.3, 0.4) is 0 Å². The molecule has 0 saturated carbocycles. The lowest BCUT2D eigenvalue weighted by Gasteiger charge is -1.98. The molecular formula is C5H6N2OS2.